The molecule has 6 heterocycles. The van der Waals surface area contributed by atoms with Crippen molar-refractivity contribution in [2.45, 2.75) is 91.5 Å². The number of anilines is 2. The van der Waals surface area contributed by atoms with Crippen LogP contribution in [0.4, 0.5) is 11.5 Å². The summed E-state index contributed by atoms with van der Waals surface area (Å²) in [6, 6.07) is 14.6. The van der Waals surface area contributed by atoms with Crippen LogP contribution in [0.2, 0.25) is 5.15 Å². The van der Waals surface area contributed by atoms with Gasteiger partial charge in [0.05, 0.1) is 22.5 Å². The fourth-order valence-electron chi connectivity index (χ4n) is 8.49. The quantitative estimate of drug-likeness (QED) is 0.132. The molecule has 0 bridgehead atoms. The average Bonchev–Trinajstić information content (AvgIpc) is 3.56. The molecule has 0 saturated carbocycles. The Labute approximate surface area is 333 Å². The summed E-state index contributed by atoms with van der Waals surface area (Å²) >= 11 is 7.17. The molecular formula is C44H53ClN6O5. The Hall–Kier alpha value is -4.29. The summed E-state index contributed by atoms with van der Waals surface area (Å²) in [6.45, 7) is 16.0. The molecule has 2 fully saturated rings. The number of benzene rings is 2. The van der Waals surface area contributed by atoms with Gasteiger partial charge in [0.1, 0.15) is 22.6 Å². The van der Waals surface area contributed by atoms with E-state index in [2.05, 4.69) is 52.1 Å². The van der Waals surface area contributed by atoms with Gasteiger partial charge in [0.25, 0.3) is 0 Å². The molecule has 2 N–H and O–H groups in total. The molecule has 1 atom stereocenters. The van der Waals surface area contributed by atoms with E-state index >= 15 is 0 Å². The molecule has 12 heteroatoms. The Kier molecular flexibility index (Phi) is 10.7. The largest absolute Gasteiger partial charge is 0.479 e. The lowest BCUT2D eigenvalue weighted by Gasteiger charge is -2.41. The fourth-order valence-corrected chi connectivity index (χ4v) is 8.78. The van der Waals surface area contributed by atoms with E-state index in [4.69, 9.17) is 35.5 Å². The molecule has 0 aliphatic carbocycles. The van der Waals surface area contributed by atoms with E-state index in [-0.39, 0.29) is 10.6 Å². The lowest BCUT2D eigenvalue weighted by Crippen LogP contribution is -2.39. The van der Waals surface area contributed by atoms with Crippen molar-refractivity contribution >= 4 is 51.1 Å². The average molecular weight is 781 g/mol. The van der Waals surface area contributed by atoms with Crippen molar-refractivity contribution in [1.29, 1.82) is 0 Å². The molecule has 56 heavy (non-hydrogen) atoms. The number of nitrogens with one attached hydrogen (secondary N) is 1. The predicted molar refractivity (Wildman–Crippen MR) is 220 cm³/mol. The monoisotopic (exact) mass is 780 g/mol. The van der Waals surface area contributed by atoms with E-state index in [1.807, 2.05) is 45.0 Å². The summed E-state index contributed by atoms with van der Waals surface area (Å²) in [5, 5.41) is 15.6. The van der Waals surface area contributed by atoms with Crippen LogP contribution in [0, 0.1) is 11.3 Å². The summed E-state index contributed by atoms with van der Waals surface area (Å²) in [4.78, 5) is 32.1. The highest BCUT2D eigenvalue weighted by molar-refractivity contribution is 6.31. The number of ether oxygens (including phenoxy) is 2. The van der Waals surface area contributed by atoms with Gasteiger partial charge in [-0.15, -0.1) is 0 Å². The molecule has 3 aliphatic rings. The number of hydrogen-bond acceptors (Lipinski definition) is 10. The summed E-state index contributed by atoms with van der Waals surface area (Å²) in [6.07, 6.45) is 5.06. The molecule has 0 radical (unpaired) electrons. The molecular weight excluding hydrogens is 728 g/mol. The first-order chi connectivity index (χ1) is 26.8. The van der Waals surface area contributed by atoms with Gasteiger partial charge >= 0.3 is 5.97 Å². The third kappa shape index (κ3) is 7.96. The van der Waals surface area contributed by atoms with Crippen LogP contribution in [0.5, 0.6) is 0 Å². The van der Waals surface area contributed by atoms with Gasteiger partial charge in [-0.2, -0.15) is 0 Å². The smallest absolute Gasteiger partial charge is 0.337 e. The summed E-state index contributed by atoms with van der Waals surface area (Å²) in [5.41, 5.74) is 8.11. The Bertz CT molecular complexity index is 2230. The van der Waals surface area contributed by atoms with Crippen molar-refractivity contribution < 1.29 is 23.8 Å². The van der Waals surface area contributed by atoms with Gasteiger partial charge in [-0.25, -0.2) is 19.7 Å². The maximum absolute atomic E-state index is 13.1. The Morgan fingerprint density at radius 1 is 1.05 bits per heavy atom. The maximum Gasteiger partial charge on any atom is 0.337 e. The molecule has 2 aromatic carbocycles. The highest BCUT2D eigenvalue weighted by atomic mass is 35.5. The highest BCUT2D eigenvalue weighted by Gasteiger charge is 2.38. The first kappa shape index (κ1) is 38.6. The number of hydrogen-bond donors (Lipinski definition) is 2. The maximum atomic E-state index is 13.1. The van der Waals surface area contributed by atoms with Crippen LogP contribution in [0.15, 0.2) is 53.2 Å². The third-order valence-corrected chi connectivity index (χ3v) is 11.9. The summed E-state index contributed by atoms with van der Waals surface area (Å²) < 4.78 is 18.2. The van der Waals surface area contributed by atoms with Crippen molar-refractivity contribution in [3.63, 3.8) is 0 Å². The topological polar surface area (TPSA) is 126 Å². The molecule has 3 aromatic heterocycles. The fraction of sp³-hybridized carbons (Fsp3) is 0.500. The minimum atomic E-state index is -1.31. The second-order valence-electron chi connectivity index (χ2n) is 17.4. The van der Waals surface area contributed by atoms with Crippen LogP contribution in [-0.4, -0.2) is 71.0 Å². The van der Waals surface area contributed by atoms with Crippen LogP contribution in [0.1, 0.15) is 88.8 Å². The van der Waals surface area contributed by atoms with Gasteiger partial charge in [-0.1, -0.05) is 55.8 Å². The van der Waals surface area contributed by atoms with Gasteiger partial charge in [0.15, 0.2) is 17.5 Å². The van der Waals surface area contributed by atoms with E-state index < -0.39 is 17.7 Å². The van der Waals surface area contributed by atoms with Gasteiger partial charge in [0.2, 0.25) is 0 Å². The predicted octanol–water partition coefficient (Wildman–Crippen LogP) is 8.74. The van der Waals surface area contributed by atoms with Crippen molar-refractivity contribution in [3.8, 4) is 11.1 Å². The zero-order valence-electron chi connectivity index (χ0n) is 33.2. The molecule has 8 rings (SSSR count). The van der Waals surface area contributed by atoms with Crippen molar-refractivity contribution in [2.75, 3.05) is 49.2 Å². The number of furan rings is 1. The number of piperidine rings is 1. The number of aliphatic carboxylic acids is 1. The van der Waals surface area contributed by atoms with Crippen LogP contribution >= 0.6 is 11.6 Å². The number of para-hydroxylation sites is 1. The normalized spacial score (nSPS) is 18.4. The molecule has 3 aliphatic heterocycles. The number of carboxylic acids is 1. The van der Waals surface area contributed by atoms with Gasteiger partial charge < -0.3 is 34.1 Å². The number of rotatable bonds is 10. The van der Waals surface area contributed by atoms with Crippen molar-refractivity contribution in [1.82, 2.24) is 20.3 Å². The number of pyridine rings is 1. The molecule has 0 unspecified atom stereocenters. The molecule has 0 amide bonds. The minimum absolute atomic E-state index is 0.170. The number of halogens is 1. The molecule has 296 valence electrons. The third-order valence-electron chi connectivity index (χ3n) is 11.6. The Morgan fingerprint density at radius 2 is 1.82 bits per heavy atom. The molecule has 5 aromatic rings. The number of fused-ring (bicyclic) bond motifs is 4. The van der Waals surface area contributed by atoms with Crippen LogP contribution < -0.4 is 15.1 Å². The lowest BCUT2D eigenvalue weighted by atomic mass is 9.82. The first-order valence-corrected chi connectivity index (χ1v) is 20.4. The number of carbonyl (C=O) groups is 1. The van der Waals surface area contributed by atoms with Gasteiger partial charge in [-0.05, 0) is 99.6 Å². The van der Waals surface area contributed by atoms with Crippen LogP contribution in [0.25, 0.3) is 33.2 Å². The lowest BCUT2D eigenvalue weighted by molar-refractivity contribution is -0.160. The molecule has 11 nitrogen and oxygen atoms in total. The van der Waals surface area contributed by atoms with Crippen LogP contribution in [0.3, 0.4) is 0 Å². The zero-order valence-corrected chi connectivity index (χ0v) is 33.9. The zero-order chi connectivity index (χ0) is 39.2. The SMILES string of the molecule is CC1(C)CCN(c2c(-c3ccc4c(c3)CCN(c3ncnc5c3oc3ccccc35)C4)c(CNCC3CCOCC3)nc(Cl)c2[C@H](OC(C)(C)C)C(=O)O)CC1. The minimum Gasteiger partial charge on any atom is -0.479 e. The standard InChI is InChI=1S/C44H53ClN6O5/c1-43(2,3)56-38(42(52)53)35-37(50-18-15-44(4,5)16-19-50)34(32(49-40(35)45)24-46-23-27-13-20-54-21-14-27)29-10-11-30-25-51(17-12-28(30)22-29)41-39-36(47-26-48-41)31-8-6-7-9-33(31)55-39/h6-11,22,26-27,38,46H,12-21,23-25H2,1-5H3,(H,52,53)/t38-/m0/s1. The second kappa shape index (κ2) is 15.6. The number of carboxylic acid groups (broad SMARTS) is 1. The van der Waals surface area contributed by atoms with E-state index in [1.54, 1.807) is 6.33 Å². The van der Waals surface area contributed by atoms with E-state index in [0.717, 1.165) is 116 Å². The second-order valence-corrected chi connectivity index (χ2v) is 17.8. The highest BCUT2D eigenvalue weighted by Crippen LogP contribution is 2.47. The molecule has 0 spiro atoms. The number of aromatic nitrogens is 3. The van der Waals surface area contributed by atoms with E-state index in [0.29, 0.717) is 30.2 Å². The van der Waals surface area contributed by atoms with Crippen molar-refractivity contribution in [2.24, 2.45) is 11.3 Å². The van der Waals surface area contributed by atoms with Crippen molar-refractivity contribution in [3.05, 3.63) is 76.3 Å². The molecule has 2 saturated heterocycles. The van der Waals surface area contributed by atoms with Gasteiger partial charge in [-0.3, -0.25) is 0 Å². The van der Waals surface area contributed by atoms with E-state index in [9.17, 15) is 9.90 Å². The van der Waals surface area contributed by atoms with Gasteiger partial charge in [0, 0.05) is 56.9 Å². The summed E-state index contributed by atoms with van der Waals surface area (Å²) in [7, 11) is 0. The Balaban J connectivity index is 1.22. The number of nitrogens with zero attached hydrogens (tertiary/aromatic N) is 5. The Morgan fingerprint density at radius 3 is 2.57 bits per heavy atom. The summed E-state index contributed by atoms with van der Waals surface area (Å²) in [5.74, 6) is 0.219. The van der Waals surface area contributed by atoms with Crippen LogP contribution in [-0.2, 0) is 33.8 Å². The first-order valence-electron chi connectivity index (χ1n) is 20.0. The van der Waals surface area contributed by atoms with E-state index in [1.165, 1.54) is 11.1 Å².